The van der Waals surface area contributed by atoms with Gasteiger partial charge in [-0.15, -0.1) is 0 Å². The normalized spacial score (nSPS) is 9.60. The topological polar surface area (TPSA) is 65.3 Å². The zero-order chi connectivity index (χ0) is 11.1. The Labute approximate surface area is 89.1 Å². The van der Waals surface area contributed by atoms with Gasteiger partial charge in [-0.3, -0.25) is 0 Å². The smallest absolute Gasteiger partial charge is 0.120 e. The van der Waals surface area contributed by atoms with Gasteiger partial charge in [0.25, 0.3) is 0 Å². The van der Waals surface area contributed by atoms with Crippen molar-refractivity contribution in [3.05, 3.63) is 23.8 Å². The summed E-state index contributed by atoms with van der Waals surface area (Å²) >= 11 is 0. The van der Waals surface area contributed by atoms with Gasteiger partial charge in [-0.2, -0.15) is 5.26 Å². The summed E-state index contributed by atoms with van der Waals surface area (Å²) in [6, 6.07) is 7.11. The number of phenolic OH excluding ortho intramolecular Hbond substituents is 1. The summed E-state index contributed by atoms with van der Waals surface area (Å²) in [5.74, 6) is 0.949. The third-order valence-corrected chi connectivity index (χ3v) is 2.02. The van der Waals surface area contributed by atoms with E-state index >= 15 is 0 Å². The number of nitriles is 1. The van der Waals surface area contributed by atoms with E-state index in [1.165, 1.54) is 0 Å². The fraction of sp³-hybridized carbons (Fsp3) is 0.364. The van der Waals surface area contributed by atoms with Crippen LogP contribution in [0.3, 0.4) is 0 Å². The molecule has 0 aliphatic heterocycles. The van der Waals surface area contributed by atoms with Crippen LogP contribution in [-0.4, -0.2) is 18.8 Å². The van der Waals surface area contributed by atoms with Gasteiger partial charge in [-0.25, -0.2) is 0 Å². The van der Waals surface area contributed by atoms with Crippen molar-refractivity contribution in [2.24, 2.45) is 0 Å². The molecule has 0 saturated carbocycles. The SMILES string of the molecule is COc1ccc(O)c(CNCCC#N)c1. The molecule has 1 aromatic carbocycles. The van der Waals surface area contributed by atoms with E-state index in [0.29, 0.717) is 25.3 Å². The van der Waals surface area contributed by atoms with Crippen molar-refractivity contribution in [3.8, 4) is 17.6 Å². The fourth-order valence-electron chi connectivity index (χ4n) is 1.20. The second-order valence-electron chi connectivity index (χ2n) is 3.08. The van der Waals surface area contributed by atoms with Crippen LogP contribution in [0.25, 0.3) is 0 Å². The highest BCUT2D eigenvalue weighted by molar-refractivity contribution is 5.39. The zero-order valence-electron chi connectivity index (χ0n) is 8.66. The summed E-state index contributed by atoms with van der Waals surface area (Å²) in [6.45, 7) is 1.15. The van der Waals surface area contributed by atoms with E-state index in [9.17, 15) is 5.11 Å². The van der Waals surface area contributed by atoms with Gasteiger partial charge in [0.2, 0.25) is 0 Å². The summed E-state index contributed by atoms with van der Waals surface area (Å²) in [5, 5.41) is 20.9. The van der Waals surface area contributed by atoms with Crippen LogP contribution in [0.2, 0.25) is 0 Å². The highest BCUT2D eigenvalue weighted by Crippen LogP contribution is 2.22. The van der Waals surface area contributed by atoms with E-state index in [1.54, 1.807) is 25.3 Å². The molecule has 0 aromatic heterocycles. The first-order valence-corrected chi connectivity index (χ1v) is 4.71. The standard InChI is InChI=1S/C11H14N2O2/c1-15-10-3-4-11(14)9(7-10)8-13-6-2-5-12/h3-4,7,13-14H,2,6,8H2,1H3. The highest BCUT2D eigenvalue weighted by Gasteiger charge is 2.02. The summed E-state index contributed by atoms with van der Waals surface area (Å²) in [7, 11) is 1.58. The molecule has 2 N–H and O–H groups in total. The molecule has 0 bridgehead atoms. The number of rotatable bonds is 5. The second-order valence-corrected chi connectivity index (χ2v) is 3.08. The van der Waals surface area contributed by atoms with Gasteiger partial charge >= 0.3 is 0 Å². The van der Waals surface area contributed by atoms with E-state index in [1.807, 2.05) is 6.07 Å². The summed E-state index contributed by atoms with van der Waals surface area (Å²) in [6.07, 6.45) is 0.463. The predicted octanol–water partition coefficient (Wildman–Crippen LogP) is 1.40. The van der Waals surface area contributed by atoms with Crippen LogP contribution in [-0.2, 0) is 6.54 Å². The fourth-order valence-corrected chi connectivity index (χ4v) is 1.20. The molecule has 0 heterocycles. The van der Waals surface area contributed by atoms with E-state index < -0.39 is 0 Å². The molecule has 0 amide bonds. The van der Waals surface area contributed by atoms with Gasteiger partial charge in [0.1, 0.15) is 11.5 Å². The molecular formula is C11H14N2O2. The summed E-state index contributed by atoms with van der Waals surface area (Å²) < 4.78 is 5.05. The Balaban J connectivity index is 2.56. The number of nitrogens with one attached hydrogen (secondary N) is 1. The van der Waals surface area contributed by atoms with Crippen LogP contribution >= 0.6 is 0 Å². The Morgan fingerprint density at radius 3 is 3.00 bits per heavy atom. The molecule has 0 spiro atoms. The number of aromatic hydroxyl groups is 1. The Hall–Kier alpha value is -1.73. The largest absolute Gasteiger partial charge is 0.508 e. The van der Waals surface area contributed by atoms with Crippen LogP contribution in [0.15, 0.2) is 18.2 Å². The second kappa shape index (κ2) is 5.89. The Morgan fingerprint density at radius 2 is 2.33 bits per heavy atom. The van der Waals surface area contributed by atoms with Crippen molar-refractivity contribution < 1.29 is 9.84 Å². The maximum absolute atomic E-state index is 9.53. The summed E-state index contributed by atoms with van der Waals surface area (Å²) in [4.78, 5) is 0. The number of benzene rings is 1. The third-order valence-electron chi connectivity index (χ3n) is 2.02. The van der Waals surface area contributed by atoms with E-state index in [-0.39, 0.29) is 5.75 Å². The van der Waals surface area contributed by atoms with E-state index in [0.717, 1.165) is 5.56 Å². The van der Waals surface area contributed by atoms with Crippen LogP contribution in [0, 0.1) is 11.3 Å². The van der Waals surface area contributed by atoms with Gasteiger partial charge in [0.15, 0.2) is 0 Å². The number of nitrogens with zero attached hydrogens (tertiary/aromatic N) is 1. The molecule has 4 nitrogen and oxygen atoms in total. The first kappa shape index (κ1) is 11.3. The van der Waals surface area contributed by atoms with Crippen LogP contribution in [0.4, 0.5) is 0 Å². The summed E-state index contributed by atoms with van der Waals surface area (Å²) in [5.41, 5.74) is 0.771. The molecule has 0 radical (unpaired) electrons. The molecule has 0 fully saturated rings. The first-order valence-electron chi connectivity index (χ1n) is 4.71. The van der Waals surface area contributed by atoms with Crippen molar-refractivity contribution >= 4 is 0 Å². The van der Waals surface area contributed by atoms with Crippen molar-refractivity contribution in [3.63, 3.8) is 0 Å². The molecule has 15 heavy (non-hydrogen) atoms. The lowest BCUT2D eigenvalue weighted by Crippen LogP contribution is -2.14. The molecule has 1 aromatic rings. The number of hydrogen-bond acceptors (Lipinski definition) is 4. The molecule has 0 saturated heterocycles. The van der Waals surface area contributed by atoms with Crippen LogP contribution < -0.4 is 10.1 Å². The minimum absolute atomic E-state index is 0.236. The van der Waals surface area contributed by atoms with Gasteiger partial charge in [0, 0.05) is 25.1 Å². The van der Waals surface area contributed by atoms with Gasteiger partial charge in [0.05, 0.1) is 13.2 Å². The average molecular weight is 206 g/mol. The maximum atomic E-state index is 9.53. The third kappa shape index (κ3) is 3.49. The highest BCUT2D eigenvalue weighted by atomic mass is 16.5. The number of phenols is 1. The lowest BCUT2D eigenvalue weighted by atomic mass is 10.2. The van der Waals surface area contributed by atoms with Crippen molar-refractivity contribution in [2.75, 3.05) is 13.7 Å². The van der Waals surface area contributed by atoms with Gasteiger partial charge in [-0.1, -0.05) is 0 Å². The lowest BCUT2D eigenvalue weighted by molar-refractivity contribution is 0.410. The molecule has 4 heteroatoms. The minimum atomic E-state index is 0.236. The van der Waals surface area contributed by atoms with Crippen molar-refractivity contribution in [1.82, 2.24) is 5.32 Å². The monoisotopic (exact) mass is 206 g/mol. The van der Waals surface area contributed by atoms with E-state index in [2.05, 4.69) is 5.32 Å². The Morgan fingerprint density at radius 1 is 1.53 bits per heavy atom. The number of hydrogen-bond donors (Lipinski definition) is 2. The van der Waals surface area contributed by atoms with Crippen molar-refractivity contribution in [2.45, 2.75) is 13.0 Å². The van der Waals surface area contributed by atoms with Crippen molar-refractivity contribution in [1.29, 1.82) is 5.26 Å². The zero-order valence-corrected chi connectivity index (χ0v) is 8.66. The maximum Gasteiger partial charge on any atom is 0.120 e. The van der Waals surface area contributed by atoms with Gasteiger partial charge in [-0.05, 0) is 18.2 Å². The predicted molar refractivity (Wildman–Crippen MR) is 56.6 cm³/mol. The lowest BCUT2D eigenvalue weighted by Gasteiger charge is -2.07. The number of methoxy groups -OCH3 is 1. The number of ether oxygens (including phenoxy) is 1. The van der Waals surface area contributed by atoms with Crippen LogP contribution in [0.1, 0.15) is 12.0 Å². The molecule has 0 aliphatic carbocycles. The Kier molecular flexibility index (Phi) is 4.45. The molecule has 0 aliphatic rings. The molecular weight excluding hydrogens is 192 g/mol. The molecule has 1 rings (SSSR count). The molecule has 0 unspecified atom stereocenters. The van der Waals surface area contributed by atoms with Gasteiger partial charge < -0.3 is 15.2 Å². The molecule has 0 atom stereocenters. The average Bonchev–Trinajstić information content (AvgIpc) is 2.26. The van der Waals surface area contributed by atoms with Crippen LogP contribution in [0.5, 0.6) is 11.5 Å². The molecule has 80 valence electrons. The quantitative estimate of drug-likeness (QED) is 0.715. The minimum Gasteiger partial charge on any atom is -0.508 e. The first-order chi connectivity index (χ1) is 7.27. The van der Waals surface area contributed by atoms with E-state index in [4.69, 9.17) is 10.00 Å². The Bertz CT molecular complexity index is 358.